The average molecular weight is 276 g/mol. The molecule has 0 amide bonds. The van der Waals surface area contributed by atoms with E-state index in [0.29, 0.717) is 10.7 Å². The van der Waals surface area contributed by atoms with Gasteiger partial charge in [0.05, 0.1) is 0 Å². The molecule has 0 heterocycles. The number of hydrogen-bond acceptors (Lipinski definition) is 0. The maximum Gasteiger partial charge on any atom is 0.0438 e. The Morgan fingerprint density at radius 3 is 2.57 bits per heavy atom. The standard InChI is InChI=1S/C12H16BrCl/c1-3-11(13)9(2)8-10-6-4-5-7-12(10)14/h4-7,9,11H,3,8H2,1-2H3. The van der Waals surface area contributed by atoms with Gasteiger partial charge in [0.15, 0.2) is 0 Å². The summed E-state index contributed by atoms with van der Waals surface area (Å²) in [5.74, 6) is 0.625. The lowest BCUT2D eigenvalue weighted by Crippen LogP contribution is -2.12. The summed E-state index contributed by atoms with van der Waals surface area (Å²) in [5, 5.41) is 0.884. The molecule has 0 nitrogen and oxygen atoms in total. The van der Waals surface area contributed by atoms with Crippen molar-refractivity contribution in [2.75, 3.05) is 0 Å². The van der Waals surface area contributed by atoms with Gasteiger partial charge in [0.25, 0.3) is 0 Å². The van der Waals surface area contributed by atoms with E-state index >= 15 is 0 Å². The van der Waals surface area contributed by atoms with Crippen LogP contribution in [0.5, 0.6) is 0 Å². The second-order valence-electron chi connectivity index (χ2n) is 3.70. The zero-order chi connectivity index (χ0) is 10.6. The van der Waals surface area contributed by atoms with Crippen LogP contribution in [-0.4, -0.2) is 4.83 Å². The molecule has 2 atom stereocenters. The molecule has 78 valence electrons. The Morgan fingerprint density at radius 2 is 2.00 bits per heavy atom. The van der Waals surface area contributed by atoms with E-state index in [4.69, 9.17) is 11.6 Å². The topological polar surface area (TPSA) is 0 Å². The zero-order valence-corrected chi connectivity index (χ0v) is 11.0. The zero-order valence-electron chi connectivity index (χ0n) is 8.63. The molecule has 0 N–H and O–H groups in total. The maximum atomic E-state index is 6.10. The number of halogens is 2. The number of rotatable bonds is 4. The minimum absolute atomic E-state index is 0.582. The first kappa shape index (κ1) is 12.1. The summed E-state index contributed by atoms with van der Waals surface area (Å²) in [6.45, 7) is 4.45. The second-order valence-corrected chi connectivity index (χ2v) is 5.28. The van der Waals surface area contributed by atoms with Crippen LogP contribution in [0.15, 0.2) is 24.3 Å². The molecule has 1 aromatic rings. The quantitative estimate of drug-likeness (QED) is 0.699. The summed E-state index contributed by atoms with van der Waals surface area (Å²) < 4.78 is 0. The van der Waals surface area contributed by atoms with Crippen LogP contribution in [-0.2, 0) is 6.42 Å². The largest absolute Gasteiger partial charge is 0.0888 e. The highest BCUT2D eigenvalue weighted by Gasteiger charge is 2.13. The molecule has 0 saturated carbocycles. The molecule has 2 heteroatoms. The lowest BCUT2D eigenvalue weighted by Gasteiger charge is -2.17. The van der Waals surface area contributed by atoms with Crippen LogP contribution in [0.25, 0.3) is 0 Å². The van der Waals surface area contributed by atoms with Gasteiger partial charge in [0.2, 0.25) is 0 Å². The normalized spacial score (nSPS) is 15.1. The van der Waals surface area contributed by atoms with Crippen LogP contribution in [0, 0.1) is 5.92 Å². The minimum Gasteiger partial charge on any atom is -0.0888 e. The first-order chi connectivity index (χ1) is 6.65. The van der Waals surface area contributed by atoms with Crippen molar-refractivity contribution >= 4 is 27.5 Å². The highest BCUT2D eigenvalue weighted by atomic mass is 79.9. The molecular formula is C12H16BrCl. The Bertz CT molecular complexity index is 285. The van der Waals surface area contributed by atoms with E-state index in [2.05, 4.69) is 35.8 Å². The molecule has 0 saturated heterocycles. The van der Waals surface area contributed by atoms with E-state index in [1.807, 2.05) is 18.2 Å². The Kier molecular flexibility index (Phi) is 4.97. The first-order valence-electron chi connectivity index (χ1n) is 5.02. The van der Waals surface area contributed by atoms with Crippen molar-refractivity contribution in [2.45, 2.75) is 31.5 Å². The van der Waals surface area contributed by atoms with E-state index in [-0.39, 0.29) is 0 Å². The van der Waals surface area contributed by atoms with E-state index in [1.165, 1.54) is 5.56 Å². The maximum absolute atomic E-state index is 6.10. The fraction of sp³-hybridized carbons (Fsp3) is 0.500. The van der Waals surface area contributed by atoms with E-state index in [1.54, 1.807) is 0 Å². The summed E-state index contributed by atoms with van der Waals surface area (Å²) in [6.07, 6.45) is 2.20. The van der Waals surface area contributed by atoms with Gasteiger partial charge in [-0.15, -0.1) is 0 Å². The average Bonchev–Trinajstić information content (AvgIpc) is 2.20. The number of alkyl halides is 1. The van der Waals surface area contributed by atoms with Crippen molar-refractivity contribution in [3.63, 3.8) is 0 Å². The third-order valence-electron chi connectivity index (χ3n) is 2.51. The third kappa shape index (κ3) is 3.29. The minimum atomic E-state index is 0.582. The van der Waals surface area contributed by atoms with E-state index < -0.39 is 0 Å². The number of benzene rings is 1. The molecule has 0 bridgehead atoms. The van der Waals surface area contributed by atoms with Crippen LogP contribution in [0.1, 0.15) is 25.8 Å². The molecule has 0 radical (unpaired) electrons. The smallest absolute Gasteiger partial charge is 0.0438 e. The molecule has 1 aromatic carbocycles. The Balaban J connectivity index is 2.64. The fourth-order valence-corrected chi connectivity index (χ4v) is 1.94. The van der Waals surface area contributed by atoms with Crippen molar-refractivity contribution in [2.24, 2.45) is 5.92 Å². The molecule has 0 aromatic heterocycles. The van der Waals surface area contributed by atoms with Crippen molar-refractivity contribution < 1.29 is 0 Å². The Labute approximate surface area is 99.8 Å². The SMILES string of the molecule is CCC(Br)C(C)Cc1ccccc1Cl. The van der Waals surface area contributed by atoms with Gasteiger partial charge in [0, 0.05) is 9.85 Å². The van der Waals surface area contributed by atoms with Crippen LogP contribution in [0.2, 0.25) is 5.02 Å². The molecule has 0 aliphatic heterocycles. The molecule has 0 aliphatic rings. The summed E-state index contributed by atoms with van der Waals surface area (Å²) in [7, 11) is 0. The van der Waals surface area contributed by atoms with Crippen molar-refractivity contribution in [1.82, 2.24) is 0 Å². The van der Waals surface area contributed by atoms with Gasteiger partial charge in [0.1, 0.15) is 0 Å². The molecule has 0 fully saturated rings. The van der Waals surface area contributed by atoms with Gasteiger partial charge >= 0.3 is 0 Å². The highest BCUT2D eigenvalue weighted by molar-refractivity contribution is 9.09. The molecule has 0 aliphatic carbocycles. The van der Waals surface area contributed by atoms with Crippen molar-refractivity contribution in [1.29, 1.82) is 0 Å². The summed E-state index contributed by atoms with van der Waals surface area (Å²) in [6, 6.07) is 8.08. The molecule has 14 heavy (non-hydrogen) atoms. The van der Waals surface area contributed by atoms with Gasteiger partial charge in [-0.3, -0.25) is 0 Å². The highest BCUT2D eigenvalue weighted by Crippen LogP contribution is 2.24. The molecule has 1 rings (SSSR count). The molecule has 0 spiro atoms. The lowest BCUT2D eigenvalue weighted by molar-refractivity contribution is 0.545. The number of hydrogen-bond donors (Lipinski definition) is 0. The lowest BCUT2D eigenvalue weighted by atomic mass is 9.97. The predicted molar refractivity (Wildman–Crippen MR) is 67.3 cm³/mol. The monoisotopic (exact) mass is 274 g/mol. The molecule has 2 unspecified atom stereocenters. The Hall–Kier alpha value is -0.0100. The Morgan fingerprint density at radius 1 is 1.36 bits per heavy atom. The van der Waals surface area contributed by atoms with Crippen molar-refractivity contribution in [3.8, 4) is 0 Å². The summed E-state index contributed by atoms with van der Waals surface area (Å²) >= 11 is 9.78. The second kappa shape index (κ2) is 5.77. The van der Waals surface area contributed by atoms with E-state index in [9.17, 15) is 0 Å². The third-order valence-corrected chi connectivity index (χ3v) is 4.43. The first-order valence-corrected chi connectivity index (χ1v) is 6.32. The summed E-state index contributed by atoms with van der Waals surface area (Å²) in [5.41, 5.74) is 1.25. The van der Waals surface area contributed by atoms with Gasteiger partial charge < -0.3 is 0 Å². The van der Waals surface area contributed by atoms with Gasteiger partial charge in [-0.1, -0.05) is 59.6 Å². The fourth-order valence-electron chi connectivity index (χ4n) is 1.54. The predicted octanol–water partition coefficient (Wildman–Crippen LogP) is 4.69. The van der Waals surface area contributed by atoms with Crippen LogP contribution in [0.4, 0.5) is 0 Å². The van der Waals surface area contributed by atoms with Crippen LogP contribution in [0.3, 0.4) is 0 Å². The van der Waals surface area contributed by atoms with Gasteiger partial charge in [-0.05, 0) is 30.4 Å². The van der Waals surface area contributed by atoms with Gasteiger partial charge in [-0.2, -0.15) is 0 Å². The van der Waals surface area contributed by atoms with Crippen LogP contribution < -0.4 is 0 Å². The summed E-state index contributed by atoms with van der Waals surface area (Å²) in [4.78, 5) is 0.582. The van der Waals surface area contributed by atoms with Gasteiger partial charge in [-0.25, -0.2) is 0 Å². The molecular weight excluding hydrogens is 259 g/mol. The van der Waals surface area contributed by atoms with E-state index in [0.717, 1.165) is 17.9 Å². The van der Waals surface area contributed by atoms with Crippen LogP contribution >= 0.6 is 27.5 Å². The van der Waals surface area contributed by atoms with Crippen molar-refractivity contribution in [3.05, 3.63) is 34.9 Å².